The zero-order valence-electron chi connectivity index (χ0n) is 17.1. The predicted molar refractivity (Wildman–Crippen MR) is 118 cm³/mol. The number of hydrogen-bond acceptors (Lipinski definition) is 3. The Hall–Kier alpha value is -3.41. The monoisotopic (exact) mass is 402 g/mol. The van der Waals surface area contributed by atoms with Gasteiger partial charge in [-0.1, -0.05) is 37.3 Å². The summed E-state index contributed by atoms with van der Waals surface area (Å²) in [6, 6.07) is 16.8. The molecule has 154 valence electrons. The van der Waals surface area contributed by atoms with Crippen LogP contribution in [-0.2, 0) is 6.42 Å². The lowest BCUT2D eigenvalue weighted by atomic mass is 9.89. The topological polar surface area (TPSA) is 92.2 Å². The van der Waals surface area contributed by atoms with Crippen LogP contribution in [0.25, 0.3) is 10.9 Å². The van der Waals surface area contributed by atoms with Crippen molar-refractivity contribution in [3.8, 4) is 0 Å². The van der Waals surface area contributed by atoms with Crippen LogP contribution in [0, 0.1) is 11.3 Å². The molecule has 6 nitrogen and oxygen atoms in total. The van der Waals surface area contributed by atoms with Crippen molar-refractivity contribution in [3.63, 3.8) is 0 Å². The third kappa shape index (κ3) is 3.61. The maximum atomic E-state index is 13.4. The average Bonchev–Trinajstić information content (AvgIpc) is 3.16. The van der Waals surface area contributed by atoms with Gasteiger partial charge in [0.05, 0.1) is 5.52 Å². The van der Waals surface area contributed by atoms with Gasteiger partial charge in [-0.25, -0.2) is 4.79 Å². The first-order chi connectivity index (χ1) is 14.5. The van der Waals surface area contributed by atoms with Crippen LogP contribution < -0.4 is 5.73 Å². The van der Waals surface area contributed by atoms with E-state index in [1.54, 1.807) is 10.6 Å². The molecule has 1 aliphatic heterocycles. The van der Waals surface area contributed by atoms with E-state index in [9.17, 15) is 9.59 Å². The summed E-state index contributed by atoms with van der Waals surface area (Å²) < 4.78 is 1.76. The average molecular weight is 402 g/mol. The first kappa shape index (κ1) is 19.9. The molecule has 6 heteroatoms. The SMILES string of the molecule is CCc1cc2cc(C(=N)N)ccc2n1C(=O)N1CCC(C(=O)c2ccccc2)CC1. The van der Waals surface area contributed by atoms with Crippen molar-refractivity contribution in [2.45, 2.75) is 26.2 Å². The summed E-state index contributed by atoms with van der Waals surface area (Å²) in [4.78, 5) is 27.9. The minimum Gasteiger partial charge on any atom is -0.384 e. The lowest BCUT2D eigenvalue weighted by Gasteiger charge is -2.32. The van der Waals surface area contributed by atoms with Crippen LogP contribution in [-0.4, -0.2) is 40.2 Å². The highest BCUT2D eigenvalue weighted by molar-refractivity contribution is 6.01. The van der Waals surface area contributed by atoms with Crippen molar-refractivity contribution in [2.24, 2.45) is 11.7 Å². The fraction of sp³-hybridized carbons (Fsp3) is 0.292. The van der Waals surface area contributed by atoms with E-state index in [0.29, 0.717) is 31.5 Å². The number of rotatable bonds is 4. The van der Waals surface area contributed by atoms with E-state index in [1.165, 1.54) is 0 Å². The number of carbonyl (C=O) groups excluding carboxylic acids is 2. The maximum Gasteiger partial charge on any atom is 0.328 e. The summed E-state index contributed by atoms with van der Waals surface area (Å²) in [7, 11) is 0. The molecule has 2 aromatic carbocycles. The summed E-state index contributed by atoms with van der Waals surface area (Å²) in [5.74, 6) is 0.140. The second-order valence-electron chi connectivity index (χ2n) is 7.79. The smallest absolute Gasteiger partial charge is 0.328 e. The Morgan fingerprint density at radius 1 is 1.03 bits per heavy atom. The van der Waals surface area contributed by atoms with Gasteiger partial charge in [0.1, 0.15) is 5.84 Å². The van der Waals surface area contributed by atoms with Crippen molar-refractivity contribution in [2.75, 3.05) is 13.1 Å². The number of fused-ring (bicyclic) bond motifs is 1. The molecular weight excluding hydrogens is 376 g/mol. The summed E-state index contributed by atoms with van der Waals surface area (Å²) in [6.07, 6.45) is 2.07. The molecule has 1 aliphatic rings. The molecule has 0 unspecified atom stereocenters. The van der Waals surface area contributed by atoms with Gasteiger partial charge >= 0.3 is 6.03 Å². The summed E-state index contributed by atoms with van der Waals surface area (Å²) in [5, 5.41) is 8.55. The summed E-state index contributed by atoms with van der Waals surface area (Å²) in [5.41, 5.74) is 8.76. The molecule has 3 N–H and O–H groups in total. The molecule has 0 aliphatic carbocycles. The molecule has 0 atom stereocenters. The highest BCUT2D eigenvalue weighted by Crippen LogP contribution is 2.26. The first-order valence-corrected chi connectivity index (χ1v) is 10.4. The molecule has 2 heterocycles. The number of hydrogen-bond donors (Lipinski definition) is 2. The molecule has 30 heavy (non-hydrogen) atoms. The van der Waals surface area contributed by atoms with Crippen LogP contribution in [0.4, 0.5) is 4.79 Å². The number of nitrogens with two attached hydrogens (primary N) is 1. The van der Waals surface area contributed by atoms with Gasteiger partial charge in [0.25, 0.3) is 0 Å². The third-order valence-corrected chi connectivity index (χ3v) is 5.94. The number of aryl methyl sites for hydroxylation is 1. The number of carbonyl (C=O) groups is 2. The van der Waals surface area contributed by atoms with Crippen LogP contribution in [0.2, 0.25) is 0 Å². The Morgan fingerprint density at radius 3 is 2.37 bits per heavy atom. The van der Waals surface area contributed by atoms with Crippen LogP contribution in [0.15, 0.2) is 54.6 Å². The van der Waals surface area contributed by atoms with Gasteiger partial charge < -0.3 is 10.6 Å². The lowest BCUT2D eigenvalue weighted by Crippen LogP contribution is -2.42. The zero-order valence-corrected chi connectivity index (χ0v) is 17.1. The molecule has 1 aromatic heterocycles. The normalized spacial score (nSPS) is 14.8. The number of benzene rings is 2. The van der Waals surface area contributed by atoms with Crippen molar-refractivity contribution >= 4 is 28.6 Å². The quantitative estimate of drug-likeness (QED) is 0.392. The molecule has 3 aromatic rings. The van der Waals surface area contributed by atoms with Gasteiger partial charge in [-0.3, -0.25) is 14.8 Å². The first-order valence-electron chi connectivity index (χ1n) is 10.4. The predicted octanol–water partition coefficient (Wildman–Crippen LogP) is 4.05. The fourth-order valence-corrected chi connectivity index (χ4v) is 4.24. The number of amides is 1. The van der Waals surface area contributed by atoms with Gasteiger partial charge in [0, 0.05) is 41.2 Å². The number of aromatic nitrogens is 1. The van der Waals surface area contributed by atoms with Crippen LogP contribution in [0.3, 0.4) is 0 Å². The molecular formula is C24H26N4O2. The maximum absolute atomic E-state index is 13.4. The van der Waals surface area contributed by atoms with Gasteiger partial charge in [-0.05, 0) is 43.5 Å². The standard InChI is InChI=1S/C24H26N4O2/c1-2-20-15-19-14-18(23(25)26)8-9-21(19)28(20)24(30)27-12-10-17(11-13-27)22(29)16-6-4-3-5-7-16/h3-9,14-15,17H,2,10-13H2,1H3,(H3,25,26). The number of nitrogens with one attached hydrogen (secondary N) is 1. The Balaban J connectivity index is 1.53. The number of piperidine rings is 1. The van der Waals surface area contributed by atoms with Gasteiger partial charge in [-0.15, -0.1) is 0 Å². The Labute approximate surface area is 175 Å². The molecule has 0 spiro atoms. The number of nitrogen functional groups attached to an aromatic ring is 1. The van der Waals surface area contributed by atoms with Crippen LogP contribution in [0.5, 0.6) is 0 Å². The second kappa shape index (κ2) is 8.14. The van der Waals surface area contributed by atoms with E-state index >= 15 is 0 Å². The van der Waals surface area contributed by atoms with Crippen molar-refractivity contribution < 1.29 is 9.59 Å². The number of ketones is 1. The minimum atomic E-state index is -0.0527. The van der Waals surface area contributed by atoms with Crippen LogP contribution >= 0.6 is 0 Å². The molecule has 0 radical (unpaired) electrons. The molecule has 1 fully saturated rings. The van der Waals surface area contributed by atoms with E-state index in [0.717, 1.165) is 28.6 Å². The van der Waals surface area contributed by atoms with Crippen molar-refractivity contribution in [1.29, 1.82) is 5.41 Å². The number of amidine groups is 1. The van der Waals surface area contributed by atoms with Gasteiger partial charge in [0.15, 0.2) is 5.78 Å². The number of likely N-dealkylation sites (tertiary alicyclic amines) is 1. The Kier molecular flexibility index (Phi) is 5.40. The number of Topliss-reactive ketones (excluding diaryl/α,β-unsaturated/α-hetero) is 1. The molecule has 0 bridgehead atoms. The largest absolute Gasteiger partial charge is 0.384 e. The molecule has 4 rings (SSSR count). The highest BCUT2D eigenvalue weighted by Gasteiger charge is 2.29. The molecule has 0 saturated carbocycles. The highest BCUT2D eigenvalue weighted by atomic mass is 16.2. The molecule has 1 saturated heterocycles. The van der Waals surface area contributed by atoms with Gasteiger partial charge in [-0.2, -0.15) is 0 Å². The van der Waals surface area contributed by atoms with Crippen molar-refractivity contribution in [1.82, 2.24) is 9.47 Å². The van der Waals surface area contributed by atoms with Crippen LogP contribution in [0.1, 0.15) is 41.4 Å². The Bertz CT molecular complexity index is 1110. The number of nitrogens with zero attached hydrogens (tertiary/aromatic N) is 2. The fourth-order valence-electron chi connectivity index (χ4n) is 4.24. The zero-order chi connectivity index (χ0) is 21.3. The van der Waals surface area contributed by atoms with E-state index in [2.05, 4.69) is 0 Å². The van der Waals surface area contributed by atoms with Crippen molar-refractivity contribution in [3.05, 3.63) is 71.4 Å². The molecule has 1 amide bonds. The summed E-state index contributed by atoms with van der Waals surface area (Å²) >= 11 is 0. The lowest BCUT2D eigenvalue weighted by molar-refractivity contribution is 0.0855. The summed E-state index contributed by atoms with van der Waals surface area (Å²) in [6.45, 7) is 3.15. The minimum absolute atomic E-state index is 0.0131. The Morgan fingerprint density at radius 2 is 1.73 bits per heavy atom. The third-order valence-electron chi connectivity index (χ3n) is 5.94. The van der Waals surface area contributed by atoms with E-state index in [-0.39, 0.29) is 23.6 Å². The van der Waals surface area contributed by atoms with Gasteiger partial charge in [0.2, 0.25) is 0 Å². The van der Waals surface area contributed by atoms with E-state index < -0.39 is 0 Å². The second-order valence-corrected chi connectivity index (χ2v) is 7.79. The van der Waals surface area contributed by atoms with E-state index in [4.69, 9.17) is 11.1 Å². The van der Waals surface area contributed by atoms with E-state index in [1.807, 2.05) is 60.4 Å².